The molecular weight excluding hydrogens is 1300 g/mol. The predicted octanol–water partition coefficient (Wildman–Crippen LogP) is 29.0. The van der Waals surface area contributed by atoms with E-state index < -0.39 is 24.8 Å². The van der Waals surface area contributed by atoms with Crippen molar-refractivity contribution < 1.29 is 13.6 Å². The fourth-order valence-corrected chi connectivity index (χ4v) is 16.4. The molecule has 0 saturated heterocycles. The summed E-state index contributed by atoms with van der Waals surface area (Å²) in [5.74, 6) is 1.35. The van der Waals surface area contributed by atoms with Crippen LogP contribution in [0.15, 0.2) is 127 Å². The van der Waals surface area contributed by atoms with Gasteiger partial charge in [0.15, 0.2) is 0 Å². The molecular formula is C84H93Cl6O3P. The molecule has 10 heteroatoms. The molecule has 9 aromatic carbocycles. The van der Waals surface area contributed by atoms with Gasteiger partial charge < -0.3 is 13.6 Å². The highest BCUT2D eigenvalue weighted by molar-refractivity contribution is 7.43. The zero-order chi connectivity index (χ0) is 69.6. The maximum atomic E-state index is 7.91. The molecule has 9 rings (SSSR count). The van der Waals surface area contributed by atoms with Crippen molar-refractivity contribution >= 4 is 78.2 Å². The van der Waals surface area contributed by atoms with Crippen molar-refractivity contribution in [2.75, 3.05) is 0 Å². The van der Waals surface area contributed by atoms with Gasteiger partial charge in [0.05, 0.1) is 0 Å². The van der Waals surface area contributed by atoms with Gasteiger partial charge in [-0.25, -0.2) is 0 Å². The molecule has 94 heavy (non-hydrogen) atoms. The standard InChI is InChI=1S/C84H93Cl6O3P/c1-46-34-55(79(7,8)9)70(61(85)40-46)52-28-25-31-67(73(52)76-58(82(16,17)18)37-49(4)43-64(76)88)91-94(92-68-32-26-29-53(71-56(80(10,11)12)35-47(2)41-62(71)86)74(68)77-59(83(19,20)21)38-50(5)44-65(77)89)93-69-33-27-30-54(72-57(81(13,14)15)36-48(3)42-63(72)87)75(69)78-60(84(22,23)24)39-51(6)45-66(78)90/h25-45H,1-24H3. The highest BCUT2D eigenvalue weighted by atomic mass is 35.5. The number of hydrogen-bond acceptors (Lipinski definition) is 3. The molecule has 0 bridgehead atoms. The number of hydrogen-bond donors (Lipinski definition) is 0. The van der Waals surface area contributed by atoms with Gasteiger partial charge in [-0.3, -0.25) is 0 Å². The van der Waals surface area contributed by atoms with E-state index in [0.29, 0.717) is 47.4 Å². The van der Waals surface area contributed by atoms with E-state index in [1.54, 1.807) is 0 Å². The fraction of sp³-hybridized carbons (Fsp3) is 0.357. The Bertz CT molecular complexity index is 3990. The van der Waals surface area contributed by atoms with E-state index in [1.807, 2.05) is 72.8 Å². The van der Waals surface area contributed by atoms with Crippen LogP contribution >= 0.6 is 78.2 Å². The molecule has 0 atom stereocenters. The Balaban J connectivity index is 1.49. The molecule has 0 spiro atoms. The molecule has 0 radical (unpaired) electrons. The molecule has 0 fully saturated rings. The zero-order valence-electron chi connectivity index (χ0n) is 59.6. The highest BCUT2D eigenvalue weighted by Gasteiger charge is 2.37. The molecule has 0 aliphatic rings. The van der Waals surface area contributed by atoms with E-state index in [0.717, 1.165) is 134 Å². The summed E-state index contributed by atoms with van der Waals surface area (Å²) < 4.78 is 23.7. The topological polar surface area (TPSA) is 27.7 Å². The van der Waals surface area contributed by atoms with Crippen LogP contribution in [0.5, 0.6) is 17.2 Å². The predicted molar refractivity (Wildman–Crippen MR) is 411 cm³/mol. The van der Waals surface area contributed by atoms with Crippen LogP contribution in [0, 0.1) is 41.5 Å². The van der Waals surface area contributed by atoms with Crippen LogP contribution in [0.25, 0.3) is 66.8 Å². The maximum absolute atomic E-state index is 7.91. The first-order valence-corrected chi connectivity index (χ1v) is 35.8. The summed E-state index contributed by atoms with van der Waals surface area (Å²) in [7, 11) is -2.67. The van der Waals surface area contributed by atoms with E-state index >= 15 is 0 Å². The summed E-state index contributed by atoms with van der Waals surface area (Å²) >= 11 is 46.5. The molecule has 3 nitrogen and oxygen atoms in total. The molecule has 0 unspecified atom stereocenters. The first-order chi connectivity index (χ1) is 43.4. The van der Waals surface area contributed by atoms with Crippen LogP contribution in [0.4, 0.5) is 0 Å². The first-order valence-electron chi connectivity index (χ1n) is 32.5. The number of halogens is 6. The molecule has 0 aliphatic heterocycles. The number of benzene rings is 9. The van der Waals surface area contributed by atoms with Gasteiger partial charge in [0, 0.05) is 80.2 Å². The minimum absolute atomic E-state index is 0.350. The van der Waals surface area contributed by atoms with Gasteiger partial charge in [-0.15, -0.1) is 0 Å². The molecule has 0 aliphatic carbocycles. The Kier molecular flexibility index (Phi) is 20.7. The van der Waals surface area contributed by atoms with E-state index in [4.69, 9.17) is 83.2 Å². The minimum Gasteiger partial charge on any atom is -0.408 e. The van der Waals surface area contributed by atoms with Gasteiger partial charge in [0.2, 0.25) is 0 Å². The fourth-order valence-electron chi connectivity index (χ4n) is 13.1. The third-order valence-electron chi connectivity index (χ3n) is 17.4. The van der Waals surface area contributed by atoms with E-state index in [1.165, 1.54) is 0 Å². The molecule has 0 aromatic heterocycles. The lowest BCUT2D eigenvalue weighted by Crippen LogP contribution is -2.16. The lowest BCUT2D eigenvalue weighted by atomic mass is 9.76. The molecule has 9 aromatic rings. The Labute approximate surface area is 594 Å². The minimum atomic E-state index is -2.67. The van der Waals surface area contributed by atoms with Crippen LogP contribution < -0.4 is 13.6 Å². The molecule has 494 valence electrons. The van der Waals surface area contributed by atoms with Gasteiger partial charge in [0.1, 0.15) is 17.2 Å². The third kappa shape index (κ3) is 15.1. The Morgan fingerprint density at radius 2 is 0.404 bits per heavy atom. The average molecular weight is 1390 g/mol. The van der Waals surface area contributed by atoms with Crippen LogP contribution in [-0.2, 0) is 32.5 Å². The number of rotatable bonds is 12. The Morgan fingerprint density at radius 1 is 0.234 bits per heavy atom. The first kappa shape index (κ1) is 72.8. The second-order valence-electron chi connectivity index (χ2n) is 32.0. The summed E-state index contributed by atoms with van der Waals surface area (Å²) in [6.07, 6.45) is 0. The van der Waals surface area contributed by atoms with E-state index in [9.17, 15) is 0 Å². The zero-order valence-corrected chi connectivity index (χ0v) is 65.0. The van der Waals surface area contributed by atoms with E-state index in [2.05, 4.69) is 221 Å². The number of aryl methyl sites for hydroxylation is 6. The maximum Gasteiger partial charge on any atom is 0.530 e. The highest BCUT2D eigenvalue weighted by Crippen LogP contribution is 2.59. The summed E-state index contributed by atoms with van der Waals surface area (Å²) in [6.45, 7) is 52.4. The monoisotopic (exact) mass is 1390 g/mol. The smallest absolute Gasteiger partial charge is 0.408 e. The lowest BCUT2D eigenvalue weighted by Gasteiger charge is -2.31. The van der Waals surface area contributed by atoms with Crippen molar-refractivity contribution in [1.29, 1.82) is 0 Å². The third-order valence-corrected chi connectivity index (χ3v) is 20.2. The molecule has 0 heterocycles. The Hall–Kier alpha value is -5.45. The van der Waals surface area contributed by atoms with Gasteiger partial charge in [0.25, 0.3) is 0 Å². The van der Waals surface area contributed by atoms with Crippen LogP contribution in [0.2, 0.25) is 30.1 Å². The van der Waals surface area contributed by atoms with E-state index in [-0.39, 0.29) is 16.2 Å². The van der Waals surface area contributed by atoms with Crippen LogP contribution in [0.1, 0.15) is 191 Å². The van der Waals surface area contributed by atoms with Gasteiger partial charge in [-0.2, -0.15) is 0 Å². The summed E-state index contributed by atoms with van der Waals surface area (Å²) in [5.41, 5.74) is 19.9. The van der Waals surface area contributed by atoms with Crippen molar-refractivity contribution in [3.63, 3.8) is 0 Å². The summed E-state index contributed by atoms with van der Waals surface area (Å²) in [4.78, 5) is 0. The summed E-state index contributed by atoms with van der Waals surface area (Å²) in [5, 5.41) is 3.47. The van der Waals surface area contributed by atoms with Crippen molar-refractivity contribution in [1.82, 2.24) is 0 Å². The van der Waals surface area contributed by atoms with Gasteiger partial charge in [-0.1, -0.05) is 267 Å². The van der Waals surface area contributed by atoms with Crippen LogP contribution in [-0.4, -0.2) is 0 Å². The second-order valence-corrected chi connectivity index (χ2v) is 35.5. The average Bonchev–Trinajstić information content (AvgIpc) is 0.752. The van der Waals surface area contributed by atoms with Crippen molar-refractivity contribution in [3.8, 4) is 84.0 Å². The van der Waals surface area contributed by atoms with Crippen molar-refractivity contribution in [3.05, 3.63) is 224 Å². The van der Waals surface area contributed by atoms with Gasteiger partial charge in [-0.05, 0) is 212 Å². The molecule has 0 N–H and O–H groups in total. The largest absolute Gasteiger partial charge is 0.530 e. The van der Waals surface area contributed by atoms with Gasteiger partial charge >= 0.3 is 8.60 Å². The Morgan fingerprint density at radius 3 is 0.585 bits per heavy atom. The lowest BCUT2D eigenvalue weighted by molar-refractivity contribution is 0.390. The van der Waals surface area contributed by atoms with Crippen molar-refractivity contribution in [2.24, 2.45) is 0 Å². The molecule has 0 saturated carbocycles. The SMILES string of the molecule is Cc1cc(Cl)c(-c2cccc(OP(Oc3cccc(-c4c(Cl)cc(C)cc4C(C)(C)C)c3-c3c(Cl)cc(C)cc3C(C)(C)C)Oc3cccc(-c4c(Cl)cc(C)cc4C(C)(C)C)c3-c3c(Cl)cc(C)cc3C(C)(C)C)c2-c2c(Cl)cc(C)cc2C(C)(C)C)c(C(C)(C)C)c1. The quantitative estimate of drug-likeness (QED) is 0.114. The van der Waals surface area contributed by atoms with Crippen molar-refractivity contribution in [2.45, 2.75) is 199 Å². The van der Waals surface area contributed by atoms with Crippen LogP contribution in [0.3, 0.4) is 0 Å². The molecule has 0 amide bonds. The summed E-state index contributed by atoms with van der Waals surface area (Å²) in [6, 6.07) is 44.0. The second kappa shape index (κ2) is 26.8. The normalized spacial score (nSPS) is 12.7.